The maximum Gasteiger partial charge on any atom is 0.164 e. The Morgan fingerprint density at radius 1 is 1.46 bits per heavy atom. The molecule has 1 aromatic rings. The summed E-state index contributed by atoms with van der Waals surface area (Å²) in [4.78, 5) is 0. The molecule has 0 amide bonds. The van der Waals surface area contributed by atoms with Gasteiger partial charge in [-0.05, 0) is 43.2 Å². The van der Waals surface area contributed by atoms with Gasteiger partial charge in [-0.3, -0.25) is 0 Å². The van der Waals surface area contributed by atoms with E-state index in [1.807, 2.05) is 19.2 Å². The van der Waals surface area contributed by atoms with E-state index < -0.39 is 5.79 Å². The molecule has 0 N–H and O–H groups in total. The van der Waals surface area contributed by atoms with E-state index in [0.29, 0.717) is 0 Å². The van der Waals surface area contributed by atoms with Gasteiger partial charge in [0, 0.05) is 0 Å². The smallest absolute Gasteiger partial charge is 0.164 e. The van der Waals surface area contributed by atoms with Gasteiger partial charge >= 0.3 is 0 Å². The minimum absolute atomic E-state index is 0.0127. The first kappa shape index (κ1) is 9.19. The summed E-state index contributed by atoms with van der Waals surface area (Å²) in [5, 5.41) is 4.12. The van der Waals surface area contributed by atoms with Crippen molar-refractivity contribution >= 4 is 11.3 Å². The molecular formula is C10H13O2S. The summed E-state index contributed by atoms with van der Waals surface area (Å²) < 4.78 is 11.3. The van der Waals surface area contributed by atoms with Gasteiger partial charge in [-0.15, -0.1) is 0 Å². The van der Waals surface area contributed by atoms with Crippen LogP contribution in [0, 0.1) is 6.92 Å². The highest BCUT2D eigenvalue weighted by Gasteiger charge is 2.39. The third-order valence-corrected chi connectivity index (χ3v) is 2.76. The molecule has 0 aromatic carbocycles. The van der Waals surface area contributed by atoms with E-state index in [0.717, 1.165) is 5.56 Å². The third-order valence-electron chi connectivity index (χ3n) is 2.06. The van der Waals surface area contributed by atoms with E-state index >= 15 is 0 Å². The van der Waals surface area contributed by atoms with Gasteiger partial charge in [-0.2, -0.15) is 11.3 Å². The number of rotatable bonds is 1. The van der Waals surface area contributed by atoms with E-state index in [1.165, 1.54) is 0 Å². The van der Waals surface area contributed by atoms with E-state index in [1.54, 1.807) is 11.3 Å². The Balaban J connectivity index is 2.19. The van der Waals surface area contributed by atoms with Gasteiger partial charge in [0.15, 0.2) is 5.79 Å². The first-order valence-corrected chi connectivity index (χ1v) is 5.23. The summed E-state index contributed by atoms with van der Waals surface area (Å²) in [5.74, 6) is -0.501. The van der Waals surface area contributed by atoms with Gasteiger partial charge < -0.3 is 9.47 Å². The van der Waals surface area contributed by atoms with Crippen molar-refractivity contribution in [3.8, 4) is 0 Å². The predicted octanol–water partition coefficient (Wildman–Crippen LogP) is 2.77. The standard InChI is InChI=1S/C10H13O2S/c1-7-9(8-4-5-13-6-8)12-10(2,3)11-7/h4-7,9H,1H2,2-3H3/t7-,9+/m0/s1. The minimum Gasteiger partial charge on any atom is -0.344 e. The molecule has 1 saturated heterocycles. The lowest BCUT2D eigenvalue weighted by Crippen LogP contribution is -2.20. The van der Waals surface area contributed by atoms with Crippen LogP contribution in [-0.2, 0) is 9.47 Å². The number of hydrogen-bond acceptors (Lipinski definition) is 3. The lowest BCUT2D eigenvalue weighted by molar-refractivity contribution is -0.143. The van der Waals surface area contributed by atoms with Gasteiger partial charge in [0.2, 0.25) is 0 Å². The highest BCUT2D eigenvalue weighted by atomic mass is 32.1. The van der Waals surface area contributed by atoms with Crippen LogP contribution in [0.5, 0.6) is 0 Å². The van der Waals surface area contributed by atoms with Crippen LogP contribution < -0.4 is 0 Å². The van der Waals surface area contributed by atoms with Crippen molar-refractivity contribution in [2.75, 3.05) is 0 Å². The molecule has 2 atom stereocenters. The monoisotopic (exact) mass is 197 g/mol. The van der Waals surface area contributed by atoms with Crippen LogP contribution in [0.1, 0.15) is 25.5 Å². The van der Waals surface area contributed by atoms with E-state index in [4.69, 9.17) is 9.47 Å². The Bertz CT molecular complexity index is 279. The Hall–Kier alpha value is -0.380. The average molecular weight is 197 g/mol. The van der Waals surface area contributed by atoms with Crippen LogP contribution in [0.25, 0.3) is 0 Å². The molecule has 1 radical (unpaired) electrons. The quantitative estimate of drug-likeness (QED) is 0.689. The number of ether oxygens (including phenoxy) is 2. The summed E-state index contributed by atoms with van der Waals surface area (Å²) >= 11 is 1.67. The van der Waals surface area contributed by atoms with Crippen molar-refractivity contribution in [1.29, 1.82) is 0 Å². The summed E-state index contributed by atoms with van der Waals surface area (Å²) in [6.45, 7) is 7.76. The van der Waals surface area contributed by atoms with Gasteiger partial charge in [0.05, 0.1) is 6.10 Å². The van der Waals surface area contributed by atoms with Crippen molar-refractivity contribution in [1.82, 2.24) is 0 Å². The second-order valence-corrected chi connectivity index (χ2v) is 4.43. The number of hydrogen-bond donors (Lipinski definition) is 0. The van der Waals surface area contributed by atoms with Gasteiger partial charge in [-0.25, -0.2) is 0 Å². The predicted molar refractivity (Wildman–Crippen MR) is 52.5 cm³/mol. The molecule has 0 saturated carbocycles. The zero-order chi connectivity index (χ0) is 9.47. The summed E-state index contributed by atoms with van der Waals surface area (Å²) in [6.07, 6.45) is -0.120. The zero-order valence-corrected chi connectivity index (χ0v) is 8.64. The average Bonchev–Trinajstić information content (AvgIpc) is 2.56. The van der Waals surface area contributed by atoms with Crippen LogP contribution >= 0.6 is 11.3 Å². The molecule has 2 nitrogen and oxygen atoms in total. The van der Waals surface area contributed by atoms with Crippen molar-refractivity contribution < 1.29 is 9.47 Å². The molecule has 71 valence electrons. The molecule has 0 aliphatic carbocycles. The number of thiophene rings is 1. The second-order valence-electron chi connectivity index (χ2n) is 3.65. The maximum atomic E-state index is 5.73. The van der Waals surface area contributed by atoms with E-state index in [-0.39, 0.29) is 12.2 Å². The molecule has 1 fully saturated rings. The van der Waals surface area contributed by atoms with Crippen LogP contribution in [0.3, 0.4) is 0 Å². The molecule has 0 spiro atoms. The fraction of sp³-hybridized carbons (Fsp3) is 0.500. The minimum atomic E-state index is -0.501. The van der Waals surface area contributed by atoms with Crippen molar-refractivity contribution in [2.24, 2.45) is 0 Å². The Labute approximate surface area is 82.5 Å². The molecule has 2 heterocycles. The van der Waals surface area contributed by atoms with Crippen LogP contribution in [0.4, 0.5) is 0 Å². The van der Waals surface area contributed by atoms with Gasteiger partial charge in [0.1, 0.15) is 6.10 Å². The molecular weight excluding hydrogens is 184 g/mol. The molecule has 13 heavy (non-hydrogen) atoms. The molecule has 1 aliphatic rings. The topological polar surface area (TPSA) is 18.5 Å². The van der Waals surface area contributed by atoms with Crippen LogP contribution in [0.2, 0.25) is 0 Å². The van der Waals surface area contributed by atoms with Gasteiger partial charge in [0.25, 0.3) is 0 Å². The van der Waals surface area contributed by atoms with E-state index in [9.17, 15) is 0 Å². The Morgan fingerprint density at radius 3 is 2.69 bits per heavy atom. The van der Waals surface area contributed by atoms with Gasteiger partial charge in [-0.1, -0.05) is 0 Å². The summed E-state index contributed by atoms with van der Waals surface area (Å²) in [5.41, 5.74) is 1.16. The second kappa shape index (κ2) is 3.08. The first-order valence-electron chi connectivity index (χ1n) is 4.29. The third kappa shape index (κ3) is 1.77. The lowest BCUT2D eigenvalue weighted by atomic mass is 10.1. The first-order chi connectivity index (χ1) is 6.08. The van der Waals surface area contributed by atoms with Crippen molar-refractivity contribution in [3.63, 3.8) is 0 Å². The molecule has 3 heteroatoms. The zero-order valence-electron chi connectivity index (χ0n) is 7.82. The lowest BCUT2D eigenvalue weighted by Gasteiger charge is -2.16. The maximum absolute atomic E-state index is 5.73. The summed E-state index contributed by atoms with van der Waals surface area (Å²) in [7, 11) is 0. The van der Waals surface area contributed by atoms with Crippen LogP contribution in [0.15, 0.2) is 16.8 Å². The SMILES string of the molecule is [CH2][C@@H]1OC(C)(C)O[C@H]1c1ccsc1. The van der Waals surface area contributed by atoms with Crippen molar-refractivity contribution in [3.05, 3.63) is 29.3 Å². The molecule has 1 aromatic heterocycles. The Kier molecular flexibility index (Phi) is 2.18. The highest BCUT2D eigenvalue weighted by Crippen LogP contribution is 2.38. The summed E-state index contributed by atoms with van der Waals surface area (Å²) in [6, 6.07) is 2.05. The van der Waals surface area contributed by atoms with E-state index in [2.05, 4.69) is 18.4 Å². The normalized spacial score (nSPS) is 32.2. The largest absolute Gasteiger partial charge is 0.344 e. The molecule has 0 bridgehead atoms. The molecule has 2 rings (SSSR count). The Morgan fingerprint density at radius 2 is 2.23 bits per heavy atom. The van der Waals surface area contributed by atoms with Crippen molar-refractivity contribution in [2.45, 2.75) is 31.8 Å². The van der Waals surface area contributed by atoms with Crippen LogP contribution in [-0.4, -0.2) is 11.9 Å². The fourth-order valence-electron chi connectivity index (χ4n) is 1.56. The molecule has 0 unspecified atom stereocenters. The molecule has 1 aliphatic heterocycles. The highest BCUT2D eigenvalue weighted by molar-refractivity contribution is 7.07. The fourth-order valence-corrected chi connectivity index (χ4v) is 2.24.